The number of hydrogen-bond acceptors (Lipinski definition) is 8. The van der Waals surface area contributed by atoms with Gasteiger partial charge in [-0.3, -0.25) is 0 Å². The fraction of sp³-hybridized carbons (Fsp3) is 0.286. The number of rotatable bonds is 9. The Hall–Kier alpha value is -3.55. The van der Waals surface area contributed by atoms with Crippen molar-refractivity contribution in [2.75, 3.05) is 20.8 Å². The molecule has 0 radical (unpaired) electrons. The van der Waals surface area contributed by atoms with E-state index in [2.05, 4.69) is 17.1 Å². The topological polar surface area (TPSA) is 92.9 Å². The molecule has 0 bridgehead atoms. The van der Waals surface area contributed by atoms with E-state index < -0.39 is 5.97 Å². The molecule has 0 aliphatic rings. The van der Waals surface area contributed by atoms with E-state index in [9.17, 15) is 4.79 Å². The molecule has 152 valence electrons. The second kappa shape index (κ2) is 9.59. The van der Waals surface area contributed by atoms with Crippen LogP contribution in [0.2, 0.25) is 0 Å². The SMILES string of the molecule is CCc1ccc(OCC(=O)OCc2nc(-c3ccc(OC)cc3OC)no2)cc1. The lowest BCUT2D eigenvalue weighted by Crippen LogP contribution is -2.14. The summed E-state index contributed by atoms with van der Waals surface area (Å²) in [7, 11) is 3.11. The van der Waals surface area contributed by atoms with E-state index in [0.717, 1.165) is 6.42 Å². The maximum absolute atomic E-state index is 11.9. The van der Waals surface area contributed by atoms with Crippen LogP contribution < -0.4 is 14.2 Å². The number of methoxy groups -OCH3 is 2. The Labute approximate surface area is 168 Å². The zero-order chi connectivity index (χ0) is 20.6. The predicted molar refractivity (Wildman–Crippen MR) is 104 cm³/mol. The van der Waals surface area contributed by atoms with Crippen molar-refractivity contribution >= 4 is 5.97 Å². The van der Waals surface area contributed by atoms with Gasteiger partial charge in [0.1, 0.15) is 17.2 Å². The summed E-state index contributed by atoms with van der Waals surface area (Å²) >= 11 is 0. The Balaban J connectivity index is 1.54. The van der Waals surface area contributed by atoms with Gasteiger partial charge < -0.3 is 23.5 Å². The van der Waals surface area contributed by atoms with Crippen molar-refractivity contribution < 1.29 is 28.3 Å². The molecule has 3 rings (SSSR count). The van der Waals surface area contributed by atoms with E-state index in [4.69, 9.17) is 23.5 Å². The highest BCUT2D eigenvalue weighted by atomic mass is 16.6. The van der Waals surface area contributed by atoms with Gasteiger partial charge in [-0.2, -0.15) is 4.98 Å². The van der Waals surface area contributed by atoms with E-state index >= 15 is 0 Å². The number of benzene rings is 2. The van der Waals surface area contributed by atoms with Gasteiger partial charge in [-0.15, -0.1) is 0 Å². The molecule has 8 nitrogen and oxygen atoms in total. The average molecular weight is 398 g/mol. The first kappa shape index (κ1) is 20.2. The highest BCUT2D eigenvalue weighted by Gasteiger charge is 2.15. The Bertz CT molecular complexity index is 952. The molecule has 0 aliphatic carbocycles. The molecule has 2 aromatic carbocycles. The summed E-state index contributed by atoms with van der Waals surface area (Å²) in [5.41, 5.74) is 1.83. The van der Waals surface area contributed by atoms with Crippen molar-refractivity contribution in [2.24, 2.45) is 0 Å². The van der Waals surface area contributed by atoms with Gasteiger partial charge >= 0.3 is 5.97 Å². The largest absolute Gasteiger partial charge is 0.497 e. The molecule has 1 heterocycles. The van der Waals surface area contributed by atoms with Crippen LogP contribution in [0.3, 0.4) is 0 Å². The average Bonchev–Trinajstić information content (AvgIpc) is 3.25. The van der Waals surface area contributed by atoms with Crippen molar-refractivity contribution in [2.45, 2.75) is 20.0 Å². The molecule has 8 heteroatoms. The summed E-state index contributed by atoms with van der Waals surface area (Å²) in [5, 5.41) is 3.91. The molecule has 3 aromatic rings. The lowest BCUT2D eigenvalue weighted by atomic mass is 10.2. The van der Waals surface area contributed by atoms with Crippen LogP contribution in [0.1, 0.15) is 18.4 Å². The second-order valence-electron chi connectivity index (χ2n) is 6.02. The van der Waals surface area contributed by atoms with Crippen molar-refractivity contribution in [1.82, 2.24) is 10.1 Å². The van der Waals surface area contributed by atoms with Crippen LogP contribution in [0.4, 0.5) is 0 Å². The minimum absolute atomic E-state index is 0.150. The molecule has 0 fully saturated rings. The normalized spacial score (nSPS) is 10.4. The third kappa shape index (κ3) is 5.25. The van der Waals surface area contributed by atoms with Crippen LogP contribution in [0.15, 0.2) is 47.0 Å². The fourth-order valence-corrected chi connectivity index (χ4v) is 2.55. The molecule has 0 saturated heterocycles. The van der Waals surface area contributed by atoms with E-state index in [1.54, 1.807) is 25.3 Å². The monoisotopic (exact) mass is 398 g/mol. The minimum Gasteiger partial charge on any atom is -0.497 e. The van der Waals surface area contributed by atoms with Crippen LogP contribution in [0, 0.1) is 0 Å². The molecule has 0 unspecified atom stereocenters. The zero-order valence-electron chi connectivity index (χ0n) is 16.5. The molecule has 0 spiro atoms. The van der Waals surface area contributed by atoms with Gasteiger partial charge in [0.15, 0.2) is 13.2 Å². The minimum atomic E-state index is -0.536. The predicted octanol–water partition coefficient (Wildman–Crippen LogP) is 3.44. The van der Waals surface area contributed by atoms with Gasteiger partial charge in [0, 0.05) is 6.07 Å². The van der Waals surface area contributed by atoms with Gasteiger partial charge in [0.25, 0.3) is 5.89 Å². The van der Waals surface area contributed by atoms with Gasteiger partial charge in [0.2, 0.25) is 5.82 Å². The summed E-state index contributed by atoms with van der Waals surface area (Å²) in [4.78, 5) is 16.1. The first-order chi connectivity index (χ1) is 14.1. The Morgan fingerprint density at radius 3 is 2.48 bits per heavy atom. The highest BCUT2D eigenvalue weighted by molar-refractivity contribution is 5.71. The number of ether oxygens (including phenoxy) is 4. The van der Waals surface area contributed by atoms with Gasteiger partial charge in [0.05, 0.1) is 19.8 Å². The Morgan fingerprint density at radius 1 is 1.03 bits per heavy atom. The third-order valence-corrected chi connectivity index (χ3v) is 4.16. The van der Waals surface area contributed by atoms with Crippen LogP contribution in [-0.2, 0) is 22.6 Å². The number of hydrogen-bond donors (Lipinski definition) is 0. The fourth-order valence-electron chi connectivity index (χ4n) is 2.55. The van der Waals surface area contributed by atoms with Crippen molar-refractivity contribution in [1.29, 1.82) is 0 Å². The number of esters is 1. The molecule has 0 aliphatic heterocycles. The number of aryl methyl sites for hydroxylation is 1. The Kier molecular flexibility index (Phi) is 6.67. The quantitative estimate of drug-likeness (QED) is 0.506. The van der Waals surface area contributed by atoms with Crippen LogP contribution in [-0.4, -0.2) is 36.9 Å². The lowest BCUT2D eigenvalue weighted by molar-refractivity contribution is -0.148. The lowest BCUT2D eigenvalue weighted by Gasteiger charge is -2.07. The van der Waals surface area contributed by atoms with Gasteiger partial charge in [-0.25, -0.2) is 4.79 Å². The molecule has 29 heavy (non-hydrogen) atoms. The summed E-state index contributed by atoms with van der Waals surface area (Å²) in [6.07, 6.45) is 0.941. The summed E-state index contributed by atoms with van der Waals surface area (Å²) < 4.78 is 26.2. The number of carbonyl (C=O) groups is 1. The molecule has 1 aromatic heterocycles. The summed E-state index contributed by atoms with van der Waals surface area (Å²) in [6, 6.07) is 12.8. The van der Waals surface area contributed by atoms with Crippen molar-refractivity contribution in [3.63, 3.8) is 0 Å². The standard InChI is InChI=1S/C21H22N2O6/c1-4-14-5-7-15(8-6-14)27-13-20(24)28-12-19-22-21(23-29-19)17-10-9-16(25-2)11-18(17)26-3/h5-11H,4,12-13H2,1-3H3. The first-order valence-electron chi connectivity index (χ1n) is 9.05. The van der Waals surface area contributed by atoms with E-state index in [0.29, 0.717) is 28.6 Å². The van der Waals surface area contributed by atoms with Crippen LogP contribution in [0.5, 0.6) is 17.2 Å². The van der Waals surface area contributed by atoms with E-state index in [1.165, 1.54) is 12.7 Å². The van der Waals surface area contributed by atoms with Crippen molar-refractivity contribution in [3.05, 3.63) is 53.9 Å². The van der Waals surface area contributed by atoms with Crippen LogP contribution in [0.25, 0.3) is 11.4 Å². The summed E-state index contributed by atoms with van der Waals surface area (Å²) in [5.74, 6) is 1.74. The van der Waals surface area contributed by atoms with E-state index in [-0.39, 0.29) is 19.1 Å². The molecule has 0 saturated carbocycles. The number of carbonyl (C=O) groups excluding carboxylic acids is 1. The summed E-state index contributed by atoms with van der Waals surface area (Å²) in [6.45, 7) is 1.71. The molecular weight excluding hydrogens is 376 g/mol. The maximum Gasteiger partial charge on any atom is 0.344 e. The molecule has 0 atom stereocenters. The van der Waals surface area contributed by atoms with Crippen molar-refractivity contribution in [3.8, 4) is 28.6 Å². The third-order valence-electron chi connectivity index (χ3n) is 4.16. The highest BCUT2D eigenvalue weighted by Crippen LogP contribution is 2.31. The first-order valence-corrected chi connectivity index (χ1v) is 9.05. The molecule has 0 amide bonds. The maximum atomic E-state index is 11.9. The smallest absolute Gasteiger partial charge is 0.344 e. The van der Waals surface area contributed by atoms with E-state index in [1.807, 2.05) is 24.3 Å². The zero-order valence-corrected chi connectivity index (χ0v) is 16.5. The molecule has 0 N–H and O–H groups in total. The number of nitrogens with zero attached hydrogens (tertiary/aromatic N) is 2. The number of aromatic nitrogens is 2. The van der Waals surface area contributed by atoms with Gasteiger partial charge in [-0.1, -0.05) is 24.2 Å². The van der Waals surface area contributed by atoms with Crippen LogP contribution >= 0.6 is 0 Å². The Morgan fingerprint density at radius 2 is 1.79 bits per heavy atom. The second-order valence-corrected chi connectivity index (χ2v) is 6.02. The van der Waals surface area contributed by atoms with Gasteiger partial charge in [-0.05, 0) is 36.2 Å². The molecular formula is C21H22N2O6.